The van der Waals surface area contributed by atoms with Crippen molar-refractivity contribution in [2.75, 3.05) is 11.9 Å². The third-order valence-electron chi connectivity index (χ3n) is 3.41. The van der Waals surface area contributed by atoms with E-state index in [0.717, 1.165) is 12.8 Å². The Morgan fingerprint density at radius 3 is 2.37 bits per heavy atom. The molecule has 100 valence electrons. The van der Waals surface area contributed by atoms with E-state index in [2.05, 4.69) is 66.8 Å². The van der Waals surface area contributed by atoms with Gasteiger partial charge in [0.1, 0.15) is 0 Å². The van der Waals surface area contributed by atoms with E-state index in [4.69, 9.17) is 5.73 Å². The number of anilines is 1. The predicted octanol–water partition coefficient (Wildman–Crippen LogP) is 3.37. The molecule has 19 heavy (non-hydrogen) atoms. The molecule has 0 amide bonds. The van der Waals surface area contributed by atoms with Crippen LogP contribution in [0.1, 0.15) is 17.5 Å². The van der Waals surface area contributed by atoms with Gasteiger partial charge in [-0.25, -0.2) is 0 Å². The fraction of sp³-hybridized carbons (Fsp3) is 0.294. The molecule has 2 aromatic carbocycles. The first-order valence-electron chi connectivity index (χ1n) is 6.86. The Balaban J connectivity index is 1.92. The maximum absolute atomic E-state index is 5.87. The SMILES string of the molecule is Cc1ccccc1NC(CN)CCc1ccccc1. The van der Waals surface area contributed by atoms with E-state index in [1.807, 2.05) is 0 Å². The molecule has 0 aliphatic carbocycles. The van der Waals surface area contributed by atoms with E-state index >= 15 is 0 Å². The summed E-state index contributed by atoms with van der Waals surface area (Å²) in [5, 5.41) is 3.54. The molecule has 2 aromatic rings. The van der Waals surface area contributed by atoms with Crippen molar-refractivity contribution in [1.82, 2.24) is 0 Å². The van der Waals surface area contributed by atoms with Gasteiger partial charge in [-0.1, -0.05) is 48.5 Å². The molecule has 0 spiro atoms. The third-order valence-corrected chi connectivity index (χ3v) is 3.41. The molecule has 0 heterocycles. The highest BCUT2D eigenvalue weighted by atomic mass is 14.9. The molecule has 0 saturated heterocycles. The summed E-state index contributed by atoms with van der Waals surface area (Å²) in [7, 11) is 0. The van der Waals surface area contributed by atoms with Gasteiger partial charge in [-0.3, -0.25) is 0 Å². The lowest BCUT2D eigenvalue weighted by atomic mass is 10.0. The molecule has 0 radical (unpaired) electrons. The largest absolute Gasteiger partial charge is 0.381 e. The summed E-state index contributed by atoms with van der Waals surface area (Å²) in [5.74, 6) is 0. The van der Waals surface area contributed by atoms with Gasteiger partial charge in [-0.05, 0) is 37.0 Å². The van der Waals surface area contributed by atoms with Gasteiger partial charge in [0.15, 0.2) is 0 Å². The van der Waals surface area contributed by atoms with Gasteiger partial charge in [-0.15, -0.1) is 0 Å². The monoisotopic (exact) mass is 254 g/mol. The zero-order valence-corrected chi connectivity index (χ0v) is 11.5. The van der Waals surface area contributed by atoms with Crippen LogP contribution in [0.25, 0.3) is 0 Å². The van der Waals surface area contributed by atoms with Crippen molar-refractivity contribution in [3.8, 4) is 0 Å². The number of hydrogen-bond donors (Lipinski definition) is 2. The molecule has 1 unspecified atom stereocenters. The third kappa shape index (κ3) is 4.11. The van der Waals surface area contributed by atoms with Crippen LogP contribution < -0.4 is 11.1 Å². The number of nitrogens with one attached hydrogen (secondary N) is 1. The van der Waals surface area contributed by atoms with Gasteiger partial charge in [0.05, 0.1) is 0 Å². The van der Waals surface area contributed by atoms with Crippen LogP contribution in [-0.2, 0) is 6.42 Å². The minimum atomic E-state index is 0.321. The molecular formula is C17H22N2. The molecule has 1 atom stereocenters. The predicted molar refractivity (Wildman–Crippen MR) is 82.4 cm³/mol. The van der Waals surface area contributed by atoms with E-state index in [1.54, 1.807) is 0 Å². The van der Waals surface area contributed by atoms with Crippen molar-refractivity contribution in [2.24, 2.45) is 5.73 Å². The number of rotatable bonds is 6. The van der Waals surface area contributed by atoms with Crippen molar-refractivity contribution < 1.29 is 0 Å². The summed E-state index contributed by atoms with van der Waals surface area (Å²) in [6.07, 6.45) is 2.11. The molecule has 2 heteroatoms. The van der Waals surface area contributed by atoms with Crippen LogP contribution in [0, 0.1) is 6.92 Å². The second kappa shape index (κ2) is 6.95. The second-order valence-corrected chi connectivity index (χ2v) is 4.92. The first-order chi connectivity index (χ1) is 9.29. The van der Waals surface area contributed by atoms with Crippen molar-refractivity contribution in [3.63, 3.8) is 0 Å². The standard InChI is InChI=1S/C17H22N2/c1-14-7-5-6-10-17(14)19-16(13-18)12-11-15-8-3-2-4-9-15/h2-10,16,19H,11-13,18H2,1H3. The zero-order valence-electron chi connectivity index (χ0n) is 11.5. The molecular weight excluding hydrogens is 232 g/mol. The van der Waals surface area contributed by atoms with Crippen LogP contribution in [-0.4, -0.2) is 12.6 Å². The summed E-state index contributed by atoms with van der Waals surface area (Å²) < 4.78 is 0. The molecule has 0 aliphatic heterocycles. The van der Waals surface area contributed by atoms with Crippen LogP contribution in [0.15, 0.2) is 54.6 Å². The van der Waals surface area contributed by atoms with Gasteiger partial charge in [-0.2, -0.15) is 0 Å². The molecule has 0 bridgehead atoms. The zero-order chi connectivity index (χ0) is 13.5. The quantitative estimate of drug-likeness (QED) is 0.829. The highest BCUT2D eigenvalue weighted by Crippen LogP contribution is 2.16. The number of para-hydroxylation sites is 1. The smallest absolute Gasteiger partial charge is 0.0387 e. The molecule has 2 rings (SSSR count). The van der Waals surface area contributed by atoms with Gasteiger partial charge in [0, 0.05) is 18.3 Å². The Morgan fingerprint density at radius 1 is 1.00 bits per heavy atom. The minimum Gasteiger partial charge on any atom is -0.381 e. The summed E-state index contributed by atoms with van der Waals surface area (Å²) in [6, 6.07) is 19.2. The average Bonchev–Trinajstić information content (AvgIpc) is 2.46. The molecule has 0 aromatic heterocycles. The average molecular weight is 254 g/mol. The van der Waals surface area contributed by atoms with Crippen LogP contribution in [0.3, 0.4) is 0 Å². The Hall–Kier alpha value is -1.80. The van der Waals surface area contributed by atoms with Crippen LogP contribution >= 0.6 is 0 Å². The van der Waals surface area contributed by atoms with E-state index in [1.165, 1.54) is 16.8 Å². The minimum absolute atomic E-state index is 0.321. The van der Waals surface area contributed by atoms with E-state index in [-0.39, 0.29) is 0 Å². The maximum atomic E-state index is 5.87. The topological polar surface area (TPSA) is 38.0 Å². The van der Waals surface area contributed by atoms with Crippen molar-refractivity contribution in [3.05, 3.63) is 65.7 Å². The van der Waals surface area contributed by atoms with E-state index < -0.39 is 0 Å². The van der Waals surface area contributed by atoms with Gasteiger partial charge in [0.25, 0.3) is 0 Å². The fourth-order valence-electron chi connectivity index (χ4n) is 2.19. The van der Waals surface area contributed by atoms with Gasteiger partial charge >= 0.3 is 0 Å². The van der Waals surface area contributed by atoms with Crippen molar-refractivity contribution in [2.45, 2.75) is 25.8 Å². The lowest BCUT2D eigenvalue weighted by molar-refractivity contribution is 0.660. The Labute approximate surface area is 115 Å². The summed E-state index contributed by atoms with van der Waals surface area (Å²) in [6.45, 7) is 2.77. The fourth-order valence-corrected chi connectivity index (χ4v) is 2.19. The number of benzene rings is 2. The van der Waals surface area contributed by atoms with Crippen LogP contribution in [0.4, 0.5) is 5.69 Å². The van der Waals surface area contributed by atoms with Crippen molar-refractivity contribution >= 4 is 5.69 Å². The number of aryl methyl sites for hydroxylation is 2. The maximum Gasteiger partial charge on any atom is 0.0387 e. The Morgan fingerprint density at radius 2 is 1.68 bits per heavy atom. The Kier molecular flexibility index (Phi) is 4.99. The lowest BCUT2D eigenvalue weighted by Crippen LogP contribution is -2.29. The molecule has 0 aliphatic rings. The molecule has 2 nitrogen and oxygen atoms in total. The van der Waals surface area contributed by atoms with E-state index in [9.17, 15) is 0 Å². The van der Waals surface area contributed by atoms with E-state index in [0.29, 0.717) is 12.6 Å². The first-order valence-corrected chi connectivity index (χ1v) is 6.86. The normalized spacial score (nSPS) is 12.1. The second-order valence-electron chi connectivity index (χ2n) is 4.92. The van der Waals surface area contributed by atoms with Gasteiger partial charge < -0.3 is 11.1 Å². The van der Waals surface area contributed by atoms with Crippen molar-refractivity contribution in [1.29, 1.82) is 0 Å². The summed E-state index contributed by atoms with van der Waals surface area (Å²) >= 11 is 0. The molecule has 0 fully saturated rings. The highest BCUT2D eigenvalue weighted by Gasteiger charge is 2.07. The summed E-state index contributed by atoms with van der Waals surface area (Å²) in [4.78, 5) is 0. The van der Waals surface area contributed by atoms with Crippen LogP contribution in [0.5, 0.6) is 0 Å². The number of nitrogens with two attached hydrogens (primary N) is 1. The Bertz CT molecular complexity index is 494. The molecule has 3 N–H and O–H groups in total. The number of hydrogen-bond acceptors (Lipinski definition) is 2. The highest BCUT2D eigenvalue weighted by molar-refractivity contribution is 5.51. The molecule has 0 saturated carbocycles. The first kappa shape index (κ1) is 13.6. The van der Waals surface area contributed by atoms with Crippen LogP contribution in [0.2, 0.25) is 0 Å². The summed E-state index contributed by atoms with van der Waals surface area (Å²) in [5.41, 5.74) is 9.69. The lowest BCUT2D eigenvalue weighted by Gasteiger charge is -2.19. The van der Waals surface area contributed by atoms with Gasteiger partial charge in [0.2, 0.25) is 0 Å².